The third-order valence-electron chi connectivity index (χ3n) is 7.85. The number of hydrogen-bond donors (Lipinski definition) is 2. The summed E-state index contributed by atoms with van der Waals surface area (Å²) < 4.78 is 76.4. The monoisotopic (exact) mass is 889 g/mol. The highest BCUT2D eigenvalue weighted by molar-refractivity contribution is 5.76. The first kappa shape index (κ1) is 55.2. The quantitative estimate of drug-likeness (QED) is 0.0858. The van der Waals surface area contributed by atoms with Crippen LogP contribution in [-0.4, -0.2) is 218 Å². The van der Waals surface area contributed by atoms with Crippen molar-refractivity contribution in [3.63, 3.8) is 0 Å². The van der Waals surface area contributed by atoms with Gasteiger partial charge in [-0.25, -0.2) is 0 Å². The largest absolute Gasteiger partial charge is 0.379 e. The van der Waals surface area contributed by atoms with Gasteiger partial charge in [-0.2, -0.15) is 0 Å². The molecular weight excluding hydrogens is 816 g/mol. The van der Waals surface area contributed by atoms with E-state index >= 15 is 0 Å². The molecule has 3 N–H and O–H groups in total. The number of rotatable bonds is 47. The fourth-order valence-corrected chi connectivity index (χ4v) is 4.66. The molecule has 0 aliphatic heterocycles. The molecule has 0 spiro atoms. The molecule has 1 amide bonds. The highest BCUT2D eigenvalue weighted by Crippen LogP contribution is 2.14. The highest BCUT2D eigenvalue weighted by atomic mass is 16.6. The Labute approximate surface area is 366 Å². The van der Waals surface area contributed by atoms with Gasteiger partial charge in [0.2, 0.25) is 11.7 Å². The molecule has 21 nitrogen and oxygen atoms in total. The van der Waals surface area contributed by atoms with Gasteiger partial charge in [-0.3, -0.25) is 4.79 Å². The predicted octanol–water partition coefficient (Wildman–Crippen LogP) is 0.439. The Morgan fingerprint density at radius 1 is 0.419 bits per heavy atom. The second-order valence-electron chi connectivity index (χ2n) is 12.9. The number of amides is 1. The topological polar surface area (TPSA) is 236 Å². The minimum absolute atomic E-state index is 0.0893. The predicted molar refractivity (Wildman–Crippen MR) is 225 cm³/mol. The maximum Gasteiger partial charge on any atom is 0.222 e. The third-order valence-corrected chi connectivity index (χ3v) is 7.85. The molecule has 0 bridgehead atoms. The van der Waals surface area contributed by atoms with Gasteiger partial charge in [0, 0.05) is 25.1 Å². The zero-order chi connectivity index (χ0) is 44.1. The zero-order valence-electron chi connectivity index (χ0n) is 36.7. The van der Waals surface area contributed by atoms with E-state index in [1.807, 2.05) is 24.3 Å². The summed E-state index contributed by atoms with van der Waals surface area (Å²) in [5.74, 6) is 0.881. The van der Waals surface area contributed by atoms with Gasteiger partial charge in [0.25, 0.3) is 0 Å². The van der Waals surface area contributed by atoms with Crippen LogP contribution in [0.3, 0.4) is 0 Å². The SMILES string of the molecule is Cc1nnc(-c2ccc(CNC(=O)CCOCCOCCOCCOCCOCCOCCOCCOCCOCCOCCOCCOCCOCCOCCN)cc2)nn1. The lowest BCUT2D eigenvalue weighted by molar-refractivity contribution is -0.122. The molecule has 1 aromatic carbocycles. The van der Waals surface area contributed by atoms with Crippen molar-refractivity contribution in [3.8, 4) is 11.4 Å². The van der Waals surface area contributed by atoms with Crippen LogP contribution >= 0.6 is 0 Å². The lowest BCUT2D eigenvalue weighted by atomic mass is 10.1. The summed E-state index contributed by atoms with van der Waals surface area (Å²) in [5, 5.41) is 18.8. The minimum Gasteiger partial charge on any atom is -0.379 e. The van der Waals surface area contributed by atoms with Crippen LogP contribution in [-0.2, 0) is 77.7 Å². The number of aromatic nitrogens is 4. The highest BCUT2D eigenvalue weighted by Gasteiger charge is 2.05. The number of aryl methyl sites for hydroxylation is 1. The number of nitrogens with two attached hydrogens (primary N) is 1. The zero-order valence-corrected chi connectivity index (χ0v) is 36.7. The average molecular weight is 889 g/mol. The molecule has 2 rings (SSSR count). The number of hydrogen-bond acceptors (Lipinski definition) is 20. The molecule has 0 fully saturated rings. The van der Waals surface area contributed by atoms with Crippen molar-refractivity contribution in [2.45, 2.75) is 19.9 Å². The van der Waals surface area contributed by atoms with Crippen molar-refractivity contribution in [1.82, 2.24) is 25.7 Å². The van der Waals surface area contributed by atoms with Gasteiger partial charge in [0.05, 0.1) is 185 Å². The minimum atomic E-state index is -0.0893. The van der Waals surface area contributed by atoms with E-state index in [2.05, 4.69) is 25.7 Å². The van der Waals surface area contributed by atoms with E-state index in [0.717, 1.165) is 11.1 Å². The summed E-state index contributed by atoms with van der Waals surface area (Å²) in [6.07, 6.45) is 0.266. The van der Waals surface area contributed by atoms with Crippen LogP contribution < -0.4 is 11.1 Å². The van der Waals surface area contributed by atoms with Crippen LogP contribution in [0.25, 0.3) is 11.4 Å². The van der Waals surface area contributed by atoms with Crippen molar-refractivity contribution < 1.29 is 71.1 Å². The van der Waals surface area contributed by atoms with E-state index in [9.17, 15) is 4.79 Å². The Bertz CT molecular complexity index is 1260. The van der Waals surface area contributed by atoms with Crippen molar-refractivity contribution in [3.05, 3.63) is 35.7 Å². The van der Waals surface area contributed by atoms with Crippen molar-refractivity contribution >= 4 is 5.91 Å². The Kier molecular flexibility index (Phi) is 38.5. The number of nitrogens with one attached hydrogen (secondary N) is 1. The first-order chi connectivity index (χ1) is 30.7. The van der Waals surface area contributed by atoms with Crippen LogP contribution in [0, 0.1) is 6.92 Å². The van der Waals surface area contributed by atoms with Crippen LogP contribution in [0.15, 0.2) is 24.3 Å². The van der Waals surface area contributed by atoms with Crippen molar-refractivity contribution in [1.29, 1.82) is 0 Å². The smallest absolute Gasteiger partial charge is 0.222 e. The second kappa shape index (κ2) is 43.3. The Balaban J connectivity index is 1.16. The number of carbonyl (C=O) groups is 1. The summed E-state index contributed by atoms with van der Waals surface area (Å²) >= 11 is 0. The Morgan fingerprint density at radius 3 is 0.984 bits per heavy atom. The Hall–Kier alpha value is -2.97. The summed E-state index contributed by atoms with van der Waals surface area (Å²) in [6.45, 7) is 16.2. The number of carbonyl (C=O) groups excluding carboxylic acids is 1. The molecule has 0 aliphatic carbocycles. The molecule has 0 saturated heterocycles. The van der Waals surface area contributed by atoms with Gasteiger partial charge < -0.3 is 77.4 Å². The van der Waals surface area contributed by atoms with E-state index in [1.54, 1.807) is 6.92 Å². The van der Waals surface area contributed by atoms with Gasteiger partial charge in [-0.1, -0.05) is 24.3 Å². The average Bonchev–Trinajstić information content (AvgIpc) is 3.29. The first-order valence-electron chi connectivity index (χ1n) is 21.4. The molecule has 2 aromatic rings. The lowest BCUT2D eigenvalue weighted by Gasteiger charge is -2.09. The van der Waals surface area contributed by atoms with E-state index in [1.165, 1.54) is 0 Å². The number of benzene rings is 1. The summed E-state index contributed by atoms with van der Waals surface area (Å²) in [5.41, 5.74) is 7.10. The van der Waals surface area contributed by atoms with Crippen LogP contribution in [0.5, 0.6) is 0 Å². The molecule has 356 valence electrons. The van der Waals surface area contributed by atoms with Gasteiger partial charge in [-0.15, -0.1) is 20.4 Å². The molecular formula is C41H72N6O15. The summed E-state index contributed by atoms with van der Waals surface area (Å²) in [4.78, 5) is 12.1. The van der Waals surface area contributed by atoms with E-state index in [0.29, 0.717) is 210 Å². The normalized spacial score (nSPS) is 11.5. The molecule has 0 atom stereocenters. The number of ether oxygens (including phenoxy) is 14. The Morgan fingerprint density at radius 2 is 0.694 bits per heavy atom. The van der Waals surface area contributed by atoms with Crippen molar-refractivity contribution in [2.75, 3.05) is 192 Å². The molecule has 0 aliphatic rings. The molecule has 0 saturated carbocycles. The fourth-order valence-electron chi connectivity index (χ4n) is 4.66. The van der Waals surface area contributed by atoms with Gasteiger partial charge >= 0.3 is 0 Å². The summed E-state index contributed by atoms with van der Waals surface area (Å²) in [6, 6.07) is 7.55. The molecule has 0 radical (unpaired) electrons. The first-order valence-corrected chi connectivity index (χ1v) is 21.4. The standard InChI is InChI=1S/C41H72N6O15/c1-37-44-46-41(47-45-37)39-4-2-38(3-5-39)36-43-40(48)6-8-49-10-12-51-14-16-53-18-20-55-22-24-57-26-28-59-30-32-61-34-35-62-33-31-60-29-27-58-25-23-56-21-19-54-17-15-52-13-11-50-9-7-42/h2-5H,6-36,42H2,1H3,(H,43,48). The van der Waals surface area contributed by atoms with E-state index < -0.39 is 0 Å². The van der Waals surface area contributed by atoms with E-state index in [-0.39, 0.29) is 12.3 Å². The molecule has 21 heteroatoms. The maximum absolute atomic E-state index is 12.1. The van der Waals surface area contributed by atoms with Crippen LogP contribution in [0.4, 0.5) is 0 Å². The summed E-state index contributed by atoms with van der Waals surface area (Å²) in [7, 11) is 0. The van der Waals surface area contributed by atoms with Crippen LogP contribution in [0.2, 0.25) is 0 Å². The third kappa shape index (κ3) is 35.5. The fraction of sp³-hybridized carbons (Fsp3) is 0.780. The molecule has 1 heterocycles. The van der Waals surface area contributed by atoms with Gasteiger partial charge in [0.1, 0.15) is 0 Å². The maximum atomic E-state index is 12.1. The van der Waals surface area contributed by atoms with E-state index in [4.69, 9.17) is 72.0 Å². The molecule has 62 heavy (non-hydrogen) atoms. The number of nitrogens with zero attached hydrogens (tertiary/aromatic N) is 4. The van der Waals surface area contributed by atoms with Gasteiger partial charge in [-0.05, 0) is 12.5 Å². The van der Waals surface area contributed by atoms with Crippen LogP contribution in [0.1, 0.15) is 17.8 Å². The molecule has 1 aromatic heterocycles. The second-order valence-corrected chi connectivity index (χ2v) is 12.9. The van der Waals surface area contributed by atoms with Gasteiger partial charge in [0.15, 0.2) is 5.82 Å². The molecule has 0 unspecified atom stereocenters. The lowest BCUT2D eigenvalue weighted by Crippen LogP contribution is -2.24. The van der Waals surface area contributed by atoms with Crippen molar-refractivity contribution in [2.24, 2.45) is 5.73 Å².